The highest BCUT2D eigenvalue weighted by atomic mass is 32.2. The van der Waals surface area contributed by atoms with Gasteiger partial charge in [-0.05, 0) is 56.2 Å². The number of nitrogens with one attached hydrogen (secondary N) is 1. The van der Waals surface area contributed by atoms with Crippen LogP contribution in [0.4, 0.5) is 5.69 Å². The molecule has 0 aliphatic carbocycles. The van der Waals surface area contributed by atoms with Gasteiger partial charge in [-0.3, -0.25) is 13.9 Å². The topological polar surface area (TPSA) is 86.8 Å². The second-order valence-electron chi connectivity index (χ2n) is 10.3. The van der Waals surface area contributed by atoms with Crippen molar-refractivity contribution in [2.24, 2.45) is 0 Å². The van der Waals surface area contributed by atoms with Crippen LogP contribution >= 0.6 is 0 Å². The van der Waals surface area contributed by atoms with Gasteiger partial charge in [-0.2, -0.15) is 0 Å². The maximum atomic E-state index is 14.3. The Bertz CT molecular complexity index is 1570. The fourth-order valence-corrected chi connectivity index (χ4v) is 6.13. The molecule has 7 nitrogen and oxygen atoms in total. The van der Waals surface area contributed by atoms with E-state index >= 15 is 0 Å². The van der Waals surface area contributed by atoms with Crippen LogP contribution in [0.5, 0.6) is 0 Å². The van der Waals surface area contributed by atoms with E-state index in [0.29, 0.717) is 12.2 Å². The van der Waals surface area contributed by atoms with Gasteiger partial charge >= 0.3 is 0 Å². The zero-order chi connectivity index (χ0) is 30.1. The van der Waals surface area contributed by atoms with Gasteiger partial charge in [-0.25, -0.2) is 8.42 Å². The van der Waals surface area contributed by atoms with Gasteiger partial charge in [0.2, 0.25) is 11.8 Å². The lowest BCUT2D eigenvalue weighted by molar-refractivity contribution is -0.140. The Morgan fingerprint density at radius 1 is 0.738 bits per heavy atom. The lowest BCUT2D eigenvalue weighted by atomic mass is 10.0. The summed E-state index contributed by atoms with van der Waals surface area (Å²) in [6, 6.07) is 31.5. The summed E-state index contributed by atoms with van der Waals surface area (Å²) in [5, 5.41) is 2.88. The van der Waals surface area contributed by atoms with Crippen molar-refractivity contribution < 1.29 is 18.0 Å². The number of hydrogen-bond acceptors (Lipinski definition) is 4. The van der Waals surface area contributed by atoms with Crippen molar-refractivity contribution in [3.05, 3.63) is 131 Å². The quantitative estimate of drug-likeness (QED) is 0.246. The van der Waals surface area contributed by atoms with E-state index in [1.165, 1.54) is 17.0 Å². The molecule has 0 unspecified atom stereocenters. The molecule has 0 aliphatic rings. The molecule has 0 spiro atoms. The summed E-state index contributed by atoms with van der Waals surface area (Å²) in [6.45, 7) is 5.78. The number of nitrogens with zero attached hydrogens (tertiary/aromatic N) is 2. The van der Waals surface area contributed by atoms with E-state index in [1.807, 2.05) is 87.5 Å². The molecule has 4 rings (SSSR count). The van der Waals surface area contributed by atoms with Crippen molar-refractivity contribution in [1.82, 2.24) is 10.2 Å². The predicted molar refractivity (Wildman–Crippen MR) is 166 cm³/mol. The van der Waals surface area contributed by atoms with Crippen LogP contribution in [0.3, 0.4) is 0 Å². The van der Waals surface area contributed by atoms with Crippen LogP contribution in [0.15, 0.2) is 114 Å². The van der Waals surface area contributed by atoms with Crippen LogP contribution in [0, 0.1) is 13.8 Å². The molecule has 2 amide bonds. The number of hydrogen-bond donors (Lipinski definition) is 1. The van der Waals surface area contributed by atoms with E-state index in [9.17, 15) is 18.0 Å². The molecule has 0 bridgehead atoms. The Morgan fingerprint density at radius 2 is 1.29 bits per heavy atom. The van der Waals surface area contributed by atoms with Crippen LogP contribution in [-0.2, 0) is 32.6 Å². The number of anilines is 1. The average Bonchev–Trinajstić information content (AvgIpc) is 3.00. The lowest BCUT2D eigenvalue weighted by Gasteiger charge is -2.34. The summed E-state index contributed by atoms with van der Waals surface area (Å²) in [5.74, 6) is -0.780. The molecule has 8 heteroatoms. The molecule has 1 N–H and O–H groups in total. The highest BCUT2D eigenvalue weighted by Crippen LogP contribution is 2.25. The molecule has 4 aromatic carbocycles. The zero-order valence-electron chi connectivity index (χ0n) is 24.2. The smallest absolute Gasteiger partial charge is 0.264 e. The van der Waals surface area contributed by atoms with Crippen molar-refractivity contribution in [2.45, 2.75) is 44.7 Å². The third-order valence-corrected chi connectivity index (χ3v) is 8.82. The van der Waals surface area contributed by atoms with Gasteiger partial charge in [-0.1, -0.05) is 96.1 Å². The third-order valence-electron chi connectivity index (χ3n) is 7.03. The van der Waals surface area contributed by atoms with E-state index in [-0.39, 0.29) is 23.8 Å². The zero-order valence-corrected chi connectivity index (χ0v) is 25.1. The molecule has 42 heavy (non-hydrogen) atoms. The molecule has 0 aliphatic heterocycles. The van der Waals surface area contributed by atoms with Crippen LogP contribution in [0.25, 0.3) is 0 Å². The minimum atomic E-state index is -4.10. The standard InChI is InChI=1S/C34H37N3O4S/c1-4-35-34(39)32(23-28-11-7-5-8-12-28)36(24-29-19-15-26(2)16-20-29)33(38)25-37(30-21-17-27(3)18-22-30)42(40,41)31-13-9-6-10-14-31/h5-22,32H,4,23-25H2,1-3H3,(H,35,39)/t32-/m0/s1. The summed E-state index contributed by atoms with van der Waals surface area (Å²) in [5.41, 5.74) is 4.13. The van der Waals surface area contributed by atoms with Crippen LogP contribution < -0.4 is 9.62 Å². The molecular weight excluding hydrogens is 546 g/mol. The van der Waals surface area contributed by atoms with E-state index in [1.54, 1.807) is 30.3 Å². The second-order valence-corrected chi connectivity index (χ2v) is 12.1. The van der Waals surface area contributed by atoms with Crippen molar-refractivity contribution in [1.29, 1.82) is 0 Å². The van der Waals surface area contributed by atoms with Crippen LogP contribution in [0.2, 0.25) is 0 Å². The van der Waals surface area contributed by atoms with Crippen molar-refractivity contribution in [2.75, 3.05) is 17.4 Å². The molecular formula is C34H37N3O4S. The number of amides is 2. The number of rotatable bonds is 12. The number of carbonyl (C=O) groups is 2. The fraction of sp³-hybridized carbons (Fsp3) is 0.235. The first kappa shape index (κ1) is 30.5. The SMILES string of the molecule is CCNC(=O)[C@H](Cc1ccccc1)N(Cc1ccc(C)cc1)C(=O)CN(c1ccc(C)cc1)S(=O)(=O)c1ccccc1. The molecule has 4 aromatic rings. The minimum absolute atomic E-state index is 0.0769. The number of benzene rings is 4. The Morgan fingerprint density at radius 3 is 1.86 bits per heavy atom. The van der Waals surface area contributed by atoms with Gasteiger partial charge in [0.05, 0.1) is 10.6 Å². The number of likely N-dealkylation sites (N-methyl/N-ethyl adjacent to an activating group) is 1. The molecule has 218 valence electrons. The van der Waals surface area contributed by atoms with E-state index in [2.05, 4.69) is 5.32 Å². The van der Waals surface area contributed by atoms with E-state index in [4.69, 9.17) is 0 Å². The van der Waals surface area contributed by atoms with Gasteiger partial charge in [-0.15, -0.1) is 0 Å². The average molecular weight is 584 g/mol. The first-order chi connectivity index (χ1) is 20.2. The van der Waals surface area contributed by atoms with Gasteiger partial charge in [0.1, 0.15) is 12.6 Å². The van der Waals surface area contributed by atoms with Gasteiger partial charge in [0.15, 0.2) is 0 Å². The van der Waals surface area contributed by atoms with Crippen molar-refractivity contribution >= 4 is 27.5 Å². The Labute approximate surface area is 248 Å². The molecule has 0 saturated heterocycles. The number of aryl methyl sites for hydroxylation is 2. The minimum Gasteiger partial charge on any atom is -0.355 e. The summed E-state index contributed by atoms with van der Waals surface area (Å²) in [7, 11) is -4.10. The first-order valence-electron chi connectivity index (χ1n) is 14.0. The highest BCUT2D eigenvalue weighted by Gasteiger charge is 2.34. The number of sulfonamides is 1. The van der Waals surface area contributed by atoms with Crippen molar-refractivity contribution in [3.8, 4) is 0 Å². The van der Waals surface area contributed by atoms with Crippen LogP contribution in [-0.4, -0.2) is 44.3 Å². The summed E-state index contributed by atoms with van der Waals surface area (Å²) < 4.78 is 29.0. The largest absolute Gasteiger partial charge is 0.355 e. The molecule has 1 atom stereocenters. The molecule has 0 fully saturated rings. The first-order valence-corrected chi connectivity index (χ1v) is 15.4. The number of carbonyl (C=O) groups excluding carboxylic acids is 2. The Hall–Kier alpha value is -4.43. The van der Waals surface area contributed by atoms with Crippen LogP contribution in [0.1, 0.15) is 29.2 Å². The Kier molecular flexibility index (Phi) is 10.1. The maximum Gasteiger partial charge on any atom is 0.264 e. The highest BCUT2D eigenvalue weighted by molar-refractivity contribution is 7.92. The summed E-state index contributed by atoms with van der Waals surface area (Å²) in [4.78, 5) is 29.4. The molecule has 0 aromatic heterocycles. The fourth-order valence-electron chi connectivity index (χ4n) is 4.70. The maximum absolute atomic E-state index is 14.3. The van der Waals surface area contributed by atoms with E-state index < -0.39 is 28.5 Å². The van der Waals surface area contributed by atoms with Crippen molar-refractivity contribution in [3.63, 3.8) is 0 Å². The monoisotopic (exact) mass is 583 g/mol. The Balaban J connectivity index is 1.78. The van der Waals surface area contributed by atoms with E-state index in [0.717, 1.165) is 26.6 Å². The lowest BCUT2D eigenvalue weighted by Crippen LogP contribution is -2.53. The normalized spacial score (nSPS) is 11.9. The van der Waals surface area contributed by atoms with Gasteiger partial charge in [0, 0.05) is 19.5 Å². The van der Waals surface area contributed by atoms with Gasteiger partial charge < -0.3 is 10.2 Å². The second kappa shape index (κ2) is 14.0. The predicted octanol–water partition coefficient (Wildman–Crippen LogP) is 5.27. The third kappa shape index (κ3) is 7.64. The summed E-state index contributed by atoms with van der Waals surface area (Å²) in [6.07, 6.45) is 0.278. The molecule has 0 saturated carbocycles. The molecule has 0 heterocycles. The summed E-state index contributed by atoms with van der Waals surface area (Å²) >= 11 is 0. The molecule has 0 radical (unpaired) electrons. The van der Waals surface area contributed by atoms with Gasteiger partial charge in [0.25, 0.3) is 10.0 Å².